The lowest BCUT2D eigenvalue weighted by molar-refractivity contribution is -0.125. The largest absolute Gasteiger partial charge is 0.504 e. The number of hydrogen-bond donors (Lipinski definition) is 1. The van der Waals surface area contributed by atoms with Gasteiger partial charge in [0, 0.05) is 11.5 Å². The van der Waals surface area contributed by atoms with Crippen molar-refractivity contribution in [1.29, 1.82) is 0 Å². The predicted octanol–water partition coefficient (Wildman–Crippen LogP) is 8.05. The van der Waals surface area contributed by atoms with Gasteiger partial charge in [0.25, 0.3) is 11.8 Å². The van der Waals surface area contributed by atoms with Crippen molar-refractivity contribution < 1.29 is 60.4 Å². The number of ether oxygens (including phenoxy) is 3. The number of nitrogens with zero attached hydrogens (tertiary/aromatic N) is 2. The average Bonchev–Trinajstić information content (AvgIpc) is 3.58. The third kappa shape index (κ3) is 5.72. The van der Waals surface area contributed by atoms with E-state index < -0.39 is 104 Å². The van der Waals surface area contributed by atoms with E-state index >= 15 is 8.78 Å². The molecule has 6 atom stereocenters. The maximum atomic E-state index is 15.3. The van der Waals surface area contributed by atoms with Gasteiger partial charge in [0.2, 0.25) is 17.6 Å². The lowest BCUT2D eigenvalue weighted by Crippen LogP contribution is -2.60. The molecule has 60 heavy (non-hydrogen) atoms. The lowest BCUT2D eigenvalue weighted by atomic mass is 9.56. The van der Waals surface area contributed by atoms with Gasteiger partial charge in [-0.2, -0.15) is 0 Å². The zero-order valence-electron chi connectivity index (χ0n) is 31.6. The number of carbonyl (C=O) groups excluding carboxylic acids is 4. The number of benzene rings is 4. The summed E-state index contributed by atoms with van der Waals surface area (Å²) in [5, 5.41) is 10.8. The normalized spacial score (nSPS) is 26.0. The van der Waals surface area contributed by atoms with Crippen LogP contribution in [0.5, 0.6) is 23.0 Å². The second-order valence-corrected chi connectivity index (χ2v) is 15.9. The molecule has 0 bridgehead atoms. The van der Waals surface area contributed by atoms with Crippen LogP contribution < -0.4 is 24.0 Å². The summed E-state index contributed by atoms with van der Waals surface area (Å²) >= 11 is 14.4. The highest BCUT2D eigenvalue weighted by atomic mass is 35.5. The van der Waals surface area contributed by atoms with Crippen LogP contribution >= 0.6 is 23.2 Å². The third-order valence-electron chi connectivity index (χ3n) is 11.8. The number of hydrogen-bond acceptors (Lipinski definition) is 8. The number of halogens is 7. The van der Waals surface area contributed by atoms with Gasteiger partial charge in [0.1, 0.15) is 17.2 Å². The molecule has 4 aromatic rings. The van der Waals surface area contributed by atoms with E-state index in [0.717, 1.165) is 16.5 Å². The SMILES string of the molecule is COc1ccc(OC)c(C=Cc2ccc(N3C(=O)[C@H]4[C@H](CC=C5[C@H]4C[C@@]4(Cl)C(=O)N(c6c(F)c(F)c(F)c(F)c6F)C(=O)[C@@]4(Cl)[C@H]5c4ccc(OC)c(O)c4)C3=O)cc2)c1. The van der Waals surface area contributed by atoms with E-state index in [4.69, 9.17) is 37.4 Å². The Morgan fingerprint density at radius 2 is 1.35 bits per heavy atom. The molecule has 2 saturated heterocycles. The number of alkyl halides is 2. The number of carbonyl (C=O) groups is 4. The molecule has 0 unspecified atom stereocenters. The van der Waals surface area contributed by atoms with Crippen molar-refractivity contribution in [3.05, 3.63) is 118 Å². The van der Waals surface area contributed by atoms with Gasteiger partial charge in [0.15, 0.2) is 44.5 Å². The third-order valence-corrected chi connectivity index (χ3v) is 13.2. The number of phenolic OH excluding ortho intramolecular Hbond substituents is 1. The van der Waals surface area contributed by atoms with Gasteiger partial charge in [-0.25, -0.2) is 26.9 Å². The quantitative estimate of drug-likeness (QED) is 0.0359. The summed E-state index contributed by atoms with van der Waals surface area (Å²) in [6.45, 7) is 0. The Bertz CT molecular complexity index is 2580. The number of methoxy groups -OCH3 is 3. The highest BCUT2D eigenvalue weighted by Gasteiger charge is 2.77. The minimum absolute atomic E-state index is 0.0184. The van der Waals surface area contributed by atoms with Gasteiger partial charge in [-0.3, -0.25) is 24.1 Å². The van der Waals surface area contributed by atoms with Gasteiger partial charge in [0.05, 0.1) is 38.9 Å². The van der Waals surface area contributed by atoms with Gasteiger partial charge in [-0.05, 0) is 72.4 Å². The van der Waals surface area contributed by atoms with E-state index in [2.05, 4.69) is 0 Å². The number of allylic oxidation sites excluding steroid dienone is 2. The molecule has 4 aliphatic rings. The fourth-order valence-corrected chi connectivity index (χ4v) is 9.91. The minimum Gasteiger partial charge on any atom is -0.504 e. The van der Waals surface area contributed by atoms with Gasteiger partial charge in [-0.15, -0.1) is 23.2 Å². The van der Waals surface area contributed by atoms with Crippen molar-refractivity contribution in [2.45, 2.75) is 28.5 Å². The number of fused-ring (bicyclic) bond motifs is 4. The molecule has 2 aliphatic carbocycles. The molecule has 0 aromatic heterocycles. The van der Waals surface area contributed by atoms with Crippen LogP contribution in [0.2, 0.25) is 0 Å². The summed E-state index contributed by atoms with van der Waals surface area (Å²) in [5.74, 6) is -21.1. The lowest BCUT2D eigenvalue weighted by Gasteiger charge is -2.50. The van der Waals surface area contributed by atoms with Crippen LogP contribution in [0.4, 0.5) is 33.3 Å². The molecule has 1 saturated carbocycles. The van der Waals surface area contributed by atoms with Crippen molar-refractivity contribution in [3.63, 3.8) is 0 Å². The smallest absolute Gasteiger partial charge is 0.258 e. The molecule has 4 amide bonds. The minimum atomic E-state index is -2.74. The fraction of sp³-hybridized carbons (Fsp3) is 0.256. The van der Waals surface area contributed by atoms with E-state index in [1.165, 1.54) is 33.5 Å². The Kier molecular flexibility index (Phi) is 9.98. The van der Waals surface area contributed by atoms with Crippen LogP contribution in [-0.4, -0.2) is 59.8 Å². The van der Waals surface area contributed by atoms with Crippen molar-refractivity contribution in [2.24, 2.45) is 17.8 Å². The Labute approximate surface area is 348 Å². The topological polar surface area (TPSA) is 123 Å². The summed E-state index contributed by atoms with van der Waals surface area (Å²) in [6, 6.07) is 15.6. The second kappa shape index (κ2) is 14.7. The molecule has 2 aliphatic heterocycles. The Balaban J connectivity index is 1.19. The Hall–Kier alpha value is -5.93. The van der Waals surface area contributed by atoms with Crippen molar-refractivity contribution >= 4 is 70.4 Å². The number of imide groups is 2. The van der Waals surface area contributed by atoms with Crippen molar-refractivity contribution in [3.8, 4) is 23.0 Å². The first-order valence-corrected chi connectivity index (χ1v) is 19.0. The van der Waals surface area contributed by atoms with Gasteiger partial charge in [-0.1, -0.05) is 42.0 Å². The van der Waals surface area contributed by atoms with Crippen LogP contribution in [-0.2, 0) is 19.2 Å². The highest BCUT2D eigenvalue weighted by molar-refractivity contribution is 6.58. The van der Waals surface area contributed by atoms with Crippen LogP contribution in [0.3, 0.4) is 0 Å². The summed E-state index contributed by atoms with van der Waals surface area (Å²) in [7, 11) is 4.34. The zero-order valence-corrected chi connectivity index (χ0v) is 33.1. The first-order valence-electron chi connectivity index (χ1n) is 18.3. The number of anilines is 2. The first-order chi connectivity index (χ1) is 28.5. The molecule has 2 heterocycles. The summed E-state index contributed by atoms with van der Waals surface area (Å²) in [5.41, 5.74) is 0.00971. The number of phenols is 1. The molecule has 310 valence electrons. The van der Waals surface area contributed by atoms with Crippen LogP contribution in [0.15, 0.2) is 72.3 Å². The zero-order chi connectivity index (χ0) is 43.2. The van der Waals surface area contributed by atoms with E-state index in [-0.39, 0.29) is 33.9 Å². The standard InChI is InChI=1S/C43H31Cl2F5N2O8/c1-58-23-11-15-28(59-2)20(16-23)7-4-19-5-9-22(10-6-19)51-38(54)25-13-12-24-26(30(25)39(51)55)18-42(44)40(56)52(37-35(49)33(47)32(46)34(48)36(37)50)41(57)43(42,45)31(24)21-8-14-29(60-3)27(53)17-21/h4-12,14-17,25-26,30-31,53H,13,18H2,1-3H3/t25-,26+,30-,31-,42+,43-/m0/s1. The highest BCUT2D eigenvalue weighted by Crippen LogP contribution is 2.66. The summed E-state index contributed by atoms with van der Waals surface area (Å²) in [4.78, 5) is 52.9. The monoisotopic (exact) mass is 868 g/mol. The molecule has 3 fully saturated rings. The predicted molar refractivity (Wildman–Crippen MR) is 208 cm³/mol. The Morgan fingerprint density at radius 1 is 0.717 bits per heavy atom. The van der Waals surface area contributed by atoms with Gasteiger partial charge >= 0.3 is 0 Å². The molecule has 10 nitrogen and oxygen atoms in total. The van der Waals surface area contributed by atoms with Crippen molar-refractivity contribution in [1.82, 2.24) is 0 Å². The maximum Gasteiger partial charge on any atom is 0.258 e. The number of aromatic hydroxyl groups is 1. The van der Waals surface area contributed by atoms with Crippen LogP contribution in [0.1, 0.15) is 35.4 Å². The summed E-state index contributed by atoms with van der Waals surface area (Å²) in [6.07, 6.45) is 4.41. The molecule has 17 heteroatoms. The molecule has 8 rings (SSSR count). The van der Waals surface area contributed by atoms with Crippen molar-refractivity contribution in [2.75, 3.05) is 31.1 Å². The molecule has 0 radical (unpaired) electrons. The average molecular weight is 870 g/mol. The van der Waals surface area contributed by atoms with E-state index in [9.17, 15) is 37.5 Å². The van der Waals surface area contributed by atoms with E-state index in [0.29, 0.717) is 17.1 Å². The van der Waals surface area contributed by atoms with Crippen LogP contribution in [0.25, 0.3) is 12.2 Å². The first kappa shape index (κ1) is 40.8. The maximum absolute atomic E-state index is 15.3. The Morgan fingerprint density at radius 3 is 1.97 bits per heavy atom. The molecular formula is C43H31Cl2F5N2O8. The molecule has 1 N–H and O–H groups in total. The number of rotatable bonds is 8. The van der Waals surface area contributed by atoms with E-state index in [1.807, 2.05) is 0 Å². The molecular weight excluding hydrogens is 838 g/mol. The van der Waals surface area contributed by atoms with Gasteiger partial charge < -0.3 is 19.3 Å². The second-order valence-electron chi connectivity index (χ2n) is 14.7. The summed E-state index contributed by atoms with van der Waals surface area (Å²) < 4.78 is 89.8. The molecule has 4 aromatic carbocycles. The number of amides is 4. The molecule has 0 spiro atoms. The van der Waals surface area contributed by atoms with Crippen LogP contribution in [0, 0.1) is 46.8 Å². The van der Waals surface area contributed by atoms with E-state index in [1.54, 1.807) is 60.7 Å². The fourth-order valence-electron chi connectivity index (χ4n) is 8.97.